The standard InChI is InChI=1S/C17H27NO/c1-4-15-7-10-17(13(15)3)18-12(2)11-14-5-8-16(19)9-6-14/h5-6,8-9,12-13,15,17-19H,4,7,10-11H2,1-3H3. The van der Waals surface area contributed by atoms with Gasteiger partial charge in [0.25, 0.3) is 0 Å². The molecule has 2 rings (SSSR count). The van der Waals surface area contributed by atoms with Crippen LogP contribution in [0.15, 0.2) is 24.3 Å². The first-order chi connectivity index (χ1) is 9.10. The second-order valence-corrected chi connectivity index (χ2v) is 6.15. The second kappa shape index (κ2) is 6.42. The fourth-order valence-electron chi connectivity index (χ4n) is 3.47. The third kappa shape index (κ3) is 3.73. The summed E-state index contributed by atoms with van der Waals surface area (Å²) in [6.07, 6.45) is 5.03. The normalized spacial score (nSPS) is 28.5. The number of nitrogens with one attached hydrogen (secondary N) is 1. The minimum absolute atomic E-state index is 0.347. The summed E-state index contributed by atoms with van der Waals surface area (Å²) in [5.74, 6) is 2.05. The predicted molar refractivity (Wildman–Crippen MR) is 80.4 cm³/mol. The van der Waals surface area contributed by atoms with Gasteiger partial charge in [-0.2, -0.15) is 0 Å². The molecule has 0 radical (unpaired) electrons. The van der Waals surface area contributed by atoms with E-state index < -0.39 is 0 Å². The van der Waals surface area contributed by atoms with Gasteiger partial charge in [-0.05, 0) is 55.7 Å². The smallest absolute Gasteiger partial charge is 0.115 e. The van der Waals surface area contributed by atoms with Gasteiger partial charge in [0.1, 0.15) is 5.75 Å². The molecule has 1 aromatic carbocycles. The van der Waals surface area contributed by atoms with Crippen molar-refractivity contribution in [2.75, 3.05) is 0 Å². The van der Waals surface area contributed by atoms with Crippen LogP contribution in [0.3, 0.4) is 0 Å². The highest BCUT2D eigenvalue weighted by Gasteiger charge is 2.31. The summed E-state index contributed by atoms with van der Waals surface area (Å²) in [5.41, 5.74) is 1.29. The van der Waals surface area contributed by atoms with E-state index in [0.717, 1.165) is 18.3 Å². The maximum absolute atomic E-state index is 9.30. The van der Waals surface area contributed by atoms with Crippen LogP contribution in [0.2, 0.25) is 0 Å². The van der Waals surface area contributed by atoms with E-state index in [4.69, 9.17) is 0 Å². The maximum Gasteiger partial charge on any atom is 0.115 e. The Morgan fingerprint density at radius 3 is 2.53 bits per heavy atom. The molecule has 4 atom stereocenters. The van der Waals surface area contributed by atoms with E-state index in [2.05, 4.69) is 26.1 Å². The van der Waals surface area contributed by atoms with Crippen LogP contribution >= 0.6 is 0 Å². The predicted octanol–water partition coefficient (Wildman–Crippen LogP) is 3.74. The van der Waals surface area contributed by atoms with E-state index in [1.165, 1.54) is 24.8 Å². The fraction of sp³-hybridized carbons (Fsp3) is 0.647. The van der Waals surface area contributed by atoms with E-state index in [9.17, 15) is 5.11 Å². The highest BCUT2D eigenvalue weighted by molar-refractivity contribution is 5.26. The van der Waals surface area contributed by atoms with Crippen LogP contribution in [0.5, 0.6) is 5.75 Å². The van der Waals surface area contributed by atoms with Crippen molar-refractivity contribution in [3.8, 4) is 5.75 Å². The van der Waals surface area contributed by atoms with Crippen molar-refractivity contribution < 1.29 is 5.11 Å². The van der Waals surface area contributed by atoms with Gasteiger partial charge < -0.3 is 10.4 Å². The van der Waals surface area contributed by atoms with Crippen molar-refractivity contribution in [2.45, 2.75) is 58.5 Å². The summed E-state index contributed by atoms with van der Waals surface area (Å²) < 4.78 is 0. The second-order valence-electron chi connectivity index (χ2n) is 6.15. The molecular formula is C17H27NO. The highest BCUT2D eigenvalue weighted by Crippen LogP contribution is 2.34. The number of benzene rings is 1. The van der Waals surface area contributed by atoms with E-state index in [0.29, 0.717) is 17.8 Å². The van der Waals surface area contributed by atoms with Gasteiger partial charge >= 0.3 is 0 Å². The molecule has 106 valence electrons. The average molecular weight is 261 g/mol. The molecule has 1 aliphatic rings. The molecule has 0 aliphatic heterocycles. The Morgan fingerprint density at radius 1 is 1.26 bits per heavy atom. The topological polar surface area (TPSA) is 32.3 Å². The van der Waals surface area contributed by atoms with Crippen LogP contribution in [0.25, 0.3) is 0 Å². The average Bonchev–Trinajstić information content (AvgIpc) is 2.73. The van der Waals surface area contributed by atoms with Gasteiger partial charge in [0, 0.05) is 12.1 Å². The van der Waals surface area contributed by atoms with Crippen molar-refractivity contribution in [3.05, 3.63) is 29.8 Å². The Kier molecular flexibility index (Phi) is 4.87. The third-order valence-electron chi connectivity index (χ3n) is 4.73. The van der Waals surface area contributed by atoms with Crippen molar-refractivity contribution in [2.24, 2.45) is 11.8 Å². The molecule has 0 aromatic heterocycles. The lowest BCUT2D eigenvalue weighted by atomic mass is 9.93. The van der Waals surface area contributed by atoms with Crippen molar-refractivity contribution in [1.29, 1.82) is 0 Å². The Hall–Kier alpha value is -1.02. The molecule has 0 bridgehead atoms. The first-order valence-corrected chi connectivity index (χ1v) is 7.64. The minimum Gasteiger partial charge on any atom is -0.508 e. The van der Waals surface area contributed by atoms with Gasteiger partial charge in [0.2, 0.25) is 0 Å². The maximum atomic E-state index is 9.30. The van der Waals surface area contributed by atoms with Crippen molar-refractivity contribution in [3.63, 3.8) is 0 Å². The molecule has 0 saturated heterocycles. The number of phenols is 1. The zero-order chi connectivity index (χ0) is 13.8. The monoisotopic (exact) mass is 261 g/mol. The molecule has 2 N–H and O–H groups in total. The van der Waals surface area contributed by atoms with Crippen LogP contribution in [-0.2, 0) is 6.42 Å². The Balaban J connectivity index is 1.84. The first-order valence-electron chi connectivity index (χ1n) is 7.64. The Morgan fingerprint density at radius 2 is 1.95 bits per heavy atom. The molecule has 0 spiro atoms. The SMILES string of the molecule is CCC1CCC(NC(C)Cc2ccc(O)cc2)C1C. The summed E-state index contributed by atoms with van der Waals surface area (Å²) in [5, 5.41) is 13.1. The van der Waals surface area contributed by atoms with Gasteiger partial charge in [0.15, 0.2) is 0 Å². The lowest BCUT2D eigenvalue weighted by Gasteiger charge is -2.25. The van der Waals surface area contributed by atoms with Crippen LogP contribution in [0, 0.1) is 11.8 Å². The molecule has 1 aromatic rings. The quantitative estimate of drug-likeness (QED) is 0.846. The molecule has 4 unspecified atom stereocenters. The minimum atomic E-state index is 0.347. The van der Waals surface area contributed by atoms with Gasteiger partial charge in [-0.3, -0.25) is 0 Å². The van der Waals surface area contributed by atoms with Crippen LogP contribution in [-0.4, -0.2) is 17.2 Å². The molecule has 0 heterocycles. The van der Waals surface area contributed by atoms with Gasteiger partial charge in [-0.15, -0.1) is 0 Å². The Bertz CT molecular complexity index is 387. The first kappa shape index (κ1) is 14.4. The lowest BCUT2D eigenvalue weighted by molar-refractivity contribution is 0.325. The summed E-state index contributed by atoms with van der Waals surface area (Å²) in [6, 6.07) is 8.74. The molecule has 19 heavy (non-hydrogen) atoms. The third-order valence-corrected chi connectivity index (χ3v) is 4.73. The largest absolute Gasteiger partial charge is 0.508 e. The lowest BCUT2D eigenvalue weighted by Crippen LogP contribution is -2.40. The Labute approximate surface area is 117 Å². The van der Waals surface area contributed by atoms with Crippen molar-refractivity contribution >= 4 is 0 Å². The van der Waals surface area contributed by atoms with E-state index in [1.54, 1.807) is 12.1 Å². The van der Waals surface area contributed by atoms with Gasteiger partial charge in [-0.25, -0.2) is 0 Å². The zero-order valence-corrected chi connectivity index (χ0v) is 12.4. The highest BCUT2D eigenvalue weighted by atomic mass is 16.3. The van der Waals surface area contributed by atoms with E-state index in [1.807, 2.05) is 12.1 Å². The molecular weight excluding hydrogens is 234 g/mol. The van der Waals surface area contributed by atoms with Crippen LogP contribution in [0.1, 0.15) is 45.6 Å². The van der Waals surface area contributed by atoms with Crippen molar-refractivity contribution in [1.82, 2.24) is 5.32 Å². The molecule has 1 fully saturated rings. The molecule has 2 heteroatoms. The summed E-state index contributed by atoms with van der Waals surface area (Å²) in [4.78, 5) is 0. The fourth-order valence-corrected chi connectivity index (χ4v) is 3.47. The number of hydrogen-bond donors (Lipinski definition) is 2. The van der Waals surface area contributed by atoms with Gasteiger partial charge in [0.05, 0.1) is 0 Å². The molecule has 1 saturated carbocycles. The molecule has 1 aliphatic carbocycles. The number of hydrogen-bond acceptors (Lipinski definition) is 2. The van der Waals surface area contributed by atoms with Crippen LogP contribution < -0.4 is 5.32 Å². The molecule has 2 nitrogen and oxygen atoms in total. The summed E-state index contributed by atoms with van der Waals surface area (Å²) in [7, 11) is 0. The molecule has 0 amide bonds. The van der Waals surface area contributed by atoms with E-state index in [-0.39, 0.29) is 0 Å². The zero-order valence-electron chi connectivity index (χ0n) is 12.4. The number of aromatic hydroxyl groups is 1. The van der Waals surface area contributed by atoms with Crippen LogP contribution in [0.4, 0.5) is 0 Å². The summed E-state index contributed by atoms with van der Waals surface area (Å²) >= 11 is 0. The number of phenolic OH excluding ortho intramolecular Hbond substituents is 1. The van der Waals surface area contributed by atoms with E-state index >= 15 is 0 Å². The number of rotatable bonds is 5. The summed E-state index contributed by atoms with van der Waals surface area (Å²) in [6.45, 7) is 6.97. The van der Waals surface area contributed by atoms with Gasteiger partial charge in [-0.1, -0.05) is 32.4 Å².